The molecule has 2 aromatic carbocycles. The van der Waals surface area contributed by atoms with Crippen LogP contribution in [0.25, 0.3) is 0 Å². The van der Waals surface area contributed by atoms with Crippen LogP contribution in [0.15, 0.2) is 59.7 Å². The first-order valence-corrected chi connectivity index (χ1v) is 7.97. The quantitative estimate of drug-likeness (QED) is 0.907. The highest BCUT2D eigenvalue weighted by molar-refractivity contribution is 6.03. The molecule has 0 aromatic heterocycles. The predicted molar refractivity (Wildman–Crippen MR) is 90.5 cm³/mol. The van der Waals surface area contributed by atoms with Crippen LogP contribution >= 0.6 is 0 Å². The van der Waals surface area contributed by atoms with E-state index in [1.165, 1.54) is 17.1 Å². The predicted octanol–water partition coefficient (Wildman–Crippen LogP) is 3.37. The first-order valence-electron chi connectivity index (χ1n) is 7.97. The molecule has 1 atom stereocenters. The molecule has 1 amide bonds. The molecular formula is C19H17FN2O3. The second-order valence-electron chi connectivity index (χ2n) is 5.82. The summed E-state index contributed by atoms with van der Waals surface area (Å²) < 4.78 is 13.5. The van der Waals surface area contributed by atoms with Gasteiger partial charge in [0.15, 0.2) is 0 Å². The van der Waals surface area contributed by atoms with Gasteiger partial charge in [-0.3, -0.25) is 9.59 Å². The molecule has 5 nitrogen and oxygen atoms in total. The lowest BCUT2D eigenvalue weighted by Crippen LogP contribution is -2.27. The highest BCUT2D eigenvalue weighted by Crippen LogP contribution is 2.33. The van der Waals surface area contributed by atoms with Crippen LogP contribution in [-0.2, 0) is 9.59 Å². The molecule has 1 aliphatic heterocycles. The zero-order valence-corrected chi connectivity index (χ0v) is 13.4. The van der Waals surface area contributed by atoms with Gasteiger partial charge < -0.3 is 5.11 Å². The third-order valence-corrected chi connectivity index (χ3v) is 4.06. The summed E-state index contributed by atoms with van der Waals surface area (Å²) in [5, 5.41) is 14.5. The number of carboxylic acids is 1. The summed E-state index contributed by atoms with van der Waals surface area (Å²) in [5.74, 6) is -1.76. The zero-order valence-electron chi connectivity index (χ0n) is 13.4. The molecule has 0 radical (unpaired) electrons. The van der Waals surface area contributed by atoms with Gasteiger partial charge in [0.2, 0.25) is 5.91 Å². The summed E-state index contributed by atoms with van der Waals surface area (Å²) in [4.78, 5) is 23.2. The van der Waals surface area contributed by atoms with Crippen LogP contribution in [0.4, 0.5) is 4.39 Å². The molecule has 0 aliphatic carbocycles. The maximum atomic E-state index is 13.5. The number of aliphatic carboxylic acids is 1. The van der Waals surface area contributed by atoms with E-state index in [1.807, 2.05) is 30.3 Å². The molecular weight excluding hydrogens is 323 g/mol. The van der Waals surface area contributed by atoms with E-state index in [0.717, 1.165) is 5.56 Å². The standard InChI is InChI=1S/C19H17FN2O3/c20-15-8-4-7-14(11-15)16-12-17(13-5-2-1-3-6-13)22(21-16)18(23)9-10-19(24)25/h1-8,11,17H,9-10,12H2,(H,24,25)/t17-/m1/s1. The van der Waals surface area contributed by atoms with E-state index in [-0.39, 0.29) is 30.6 Å². The van der Waals surface area contributed by atoms with Gasteiger partial charge in [-0.1, -0.05) is 42.5 Å². The number of nitrogens with zero attached hydrogens (tertiary/aromatic N) is 2. The average molecular weight is 340 g/mol. The van der Waals surface area contributed by atoms with Crippen molar-refractivity contribution in [3.8, 4) is 0 Å². The number of amides is 1. The molecule has 0 unspecified atom stereocenters. The summed E-state index contributed by atoms with van der Waals surface area (Å²) in [7, 11) is 0. The fourth-order valence-electron chi connectivity index (χ4n) is 2.85. The van der Waals surface area contributed by atoms with E-state index >= 15 is 0 Å². The number of hydrogen-bond donors (Lipinski definition) is 1. The van der Waals surface area contributed by atoms with E-state index in [1.54, 1.807) is 12.1 Å². The Hall–Kier alpha value is -3.02. The van der Waals surface area contributed by atoms with Gasteiger partial charge in [0, 0.05) is 18.4 Å². The highest BCUT2D eigenvalue weighted by Gasteiger charge is 2.33. The maximum absolute atomic E-state index is 13.5. The number of rotatable bonds is 5. The number of carbonyl (C=O) groups is 2. The third kappa shape index (κ3) is 3.91. The summed E-state index contributed by atoms with van der Waals surface area (Å²) in [6.45, 7) is 0. The van der Waals surface area contributed by atoms with Crippen molar-refractivity contribution in [3.05, 3.63) is 71.5 Å². The van der Waals surface area contributed by atoms with Crippen molar-refractivity contribution in [2.75, 3.05) is 0 Å². The first-order chi connectivity index (χ1) is 12.0. The molecule has 1 N–H and O–H groups in total. The average Bonchev–Trinajstić information content (AvgIpc) is 3.06. The van der Waals surface area contributed by atoms with Gasteiger partial charge >= 0.3 is 5.97 Å². The lowest BCUT2D eigenvalue weighted by Gasteiger charge is -2.21. The van der Waals surface area contributed by atoms with Gasteiger partial charge in [0.1, 0.15) is 5.82 Å². The molecule has 0 bridgehead atoms. The van der Waals surface area contributed by atoms with E-state index in [2.05, 4.69) is 5.10 Å². The second kappa shape index (κ2) is 7.25. The Morgan fingerprint density at radius 1 is 1.12 bits per heavy atom. The molecule has 0 spiro atoms. The fraction of sp³-hybridized carbons (Fsp3) is 0.211. The smallest absolute Gasteiger partial charge is 0.303 e. The summed E-state index contributed by atoms with van der Waals surface area (Å²) >= 11 is 0. The molecule has 2 aromatic rings. The number of benzene rings is 2. The molecule has 3 rings (SSSR count). The lowest BCUT2D eigenvalue weighted by molar-refractivity contribution is -0.141. The van der Waals surface area contributed by atoms with Crippen LogP contribution < -0.4 is 0 Å². The summed E-state index contributed by atoms with van der Waals surface area (Å²) in [6.07, 6.45) is 0.0759. The van der Waals surface area contributed by atoms with Crippen molar-refractivity contribution in [3.63, 3.8) is 0 Å². The van der Waals surface area contributed by atoms with Crippen molar-refractivity contribution >= 4 is 17.6 Å². The number of hydrogen-bond acceptors (Lipinski definition) is 3. The van der Waals surface area contributed by atoms with E-state index in [0.29, 0.717) is 17.7 Å². The van der Waals surface area contributed by atoms with Crippen LogP contribution in [0.5, 0.6) is 0 Å². The van der Waals surface area contributed by atoms with Crippen LogP contribution in [-0.4, -0.2) is 27.7 Å². The van der Waals surface area contributed by atoms with E-state index in [4.69, 9.17) is 5.11 Å². The maximum Gasteiger partial charge on any atom is 0.303 e. The summed E-state index contributed by atoms with van der Waals surface area (Å²) in [5.41, 5.74) is 2.13. The van der Waals surface area contributed by atoms with Gasteiger partial charge in [-0.15, -0.1) is 0 Å². The Balaban J connectivity index is 1.90. The third-order valence-electron chi connectivity index (χ3n) is 4.06. The number of hydrazone groups is 1. The first kappa shape index (κ1) is 16.8. The molecule has 1 aliphatic rings. The molecule has 1 heterocycles. The Kier molecular flexibility index (Phi) is 4.88. The SMILES string of the molecule is O=C(O)CCC(=O)N1N=C(c2cccc(F)c2)C[C@@H]1c1ccccc1. The second-order valence-corrected chi connectivity index (χ2v) is 5.82. The van der Waals surface area contributed by atoms with Crippen LogP contribution in [0, 0.1) is 5.82 Å². The highest BCUT2D eigenvalue weighted by atomic mass is 19.1. The molecule has 0 fully saturated rings. The van der Waals surface area contributed by atoms with Crippen molar-refractivity contribution < 1.29 is 19.1 Å². The Morgan fingerprint density at radius 2 is 1.88 bits per heavy atom. The summed E-state index contributed by atoms with van der Waals surface area (Å²) in [6, 6.07) is 15.2. The zero-order chi connectivity index (χ0) is 17.8. The van der Waals surface area contributed by atoms with Gasteiger partial charge in [0.05, 0.1) is 18.2 Å². The number of halogens is 1. The van der Waals surface area contributed by atoms with Crippen molar-refractivity contribution in [1.29, 1.82) is 0 Å². The van der Waals surface area contributed by atoms with Crippen LogP contribution in [0.2, 0.25) is 0 Å². The normalized spacial score (nSPS) is 16.6. The minimum Gasteiger partial charge on any atom is -0.481 e. The topological polar surface area (TPSA) is 70.0 Å². The minimum atomic E-state index is -1.03. The van der Waals surface area contributed by atoms with Crippen molar-refractivity contribution in [2.24, 2.45) is 5.10 Å². The molecule has 0 saturated heterocycles. The lowest BCUT2D eigenvalue weighted by atomic mass is 9.98. The van der Waals surface area contributed by atoms with E-state index in [9.17, 15) is 14.0 Å². The monoisotopic (exact) mass is 340 g/mol. The fourth-order valence-corrected chi connectivity index (χ4v) is 2.85. The molecule has 25 heavy (non-hydrogen) atoms. The Morgan fingerprint density at radius 3 is 2.56 bits per heavy atom. The van der Waals surface area contributed by atoms with Crippen LogP contribution in [0.3, 0.4) is 0 Å². The van der Waals surface area contributed by atoms with Crippen LogP contribution in [0.1, 0.15) is 36.4 Å². The van der Waals surface area contributed by atoms with Gasteiger partial charge in [-0.2, -0.15) is 5.10 Å². The van der Waals surface area contributed by atoms with Crippen molar-refractivity contribution in [2.45, 2.75) is 25.3 Å². The minimum absolute atomic E-state index is 0.126. The van der Waals surface area contributed by atoms with Gasteiger partial charge in [-0.25, -0.2) is 9.40 Å². The Labute approximate surface area is 144 Å². The van der Waals surface area contributed by atoms with Crippen molar-refractivity contribution in [1.82, 2.24) is 5.01 Å². The van der Waals surface area contributed by atoms with E-state index < -0.39 is 5.97 Å². The Bertz CT molecular complexity index is 820. The molecule has 6 heteroatoms. The molecule has 128 valence electrons. The number of carboxylic acid groups (broad SMARTS) is 1. The number of carbonyl (C=O) groups excluding carboxylic acids is 1. The largest absolute Gasteiger partial charge is 0.481 e. The molecule has 0 saturated carbocycles. The van der Waals surface area contributed by atoms with Gasteiger partial charge in [0.25, 0.3) is 0 Å². The van der Waals surface area contributed by atoms with Gasteiger partial charge in [-0.05, 0) is 17.7 Å².